The summed E-state index contributed by atoms with van der Waals surface area (Å²) in [6, 6.07) is 5.85. The summed E-state index contributed by atoms with van der Waals surface area (Å²) >= 11 is 0. The molecule has 0 bridgehead atoms. The number of amides is 2. The van der Waals surface area contributed by atoms with Crippen molar-refractivity contribution in [3.8, 4) is 0 Å². The molecule has 0 fully saturated rings. The van der Waals surface area contributed by atoms with Crippen molar-refractivity contribution in [1.29, 1.82) is 0 Å². The smallest absolute Gasteiger partial charge is 0.243 e. The van der Waals surface area contributed by atoms with Crippen LogP contribution in [-0.2, 0) is 19.6 Å². The molecule has 124 valence electrons. The van der Waals surface area contributed by atoms with E-state index in [2.05, 4.69) is 10.6 Å². The molecule has 1 aromatic carbocycles. The second-order valence-electron chi connectivity index (χ2n) is 4.34. The second kappa shape index (κ2) is 8.69. The summed E-state index contributed by atoms with van der Waals surface area (Å²) in [5.41, 5.74) is 5.42. The molecule has 0 unspecified atom stereocenters. The number of nitrogens with zero attached hydrogens (tertiary/aromatic N) is 1. The van der Waals surface area contributed by atoms with Gasteiger partial charge in [-0.2, -0.15) is 0 Å². The van der Waals surface area contributed by atoms with Crippen LogP contribution in [0.4, 0.5) is 5.69 Å². The van der Waals surface area contributed by atoms with E-state index in [0.29, 0.717) is 5.69 Å². The summed E-state index contributed by atoms with van der Waals surface area (Å²) in [5, 5.41) is 4.81. The Bertz CT molecular complexity index is 634. The number of sulfonamides is 1. The van der Waals surface area contributed by atoms with Gasteiger partial charge in [0.25, 0.3) is 0 Å². The minimum atomic E-state index is -3.57. The van der Waals surface area contributed by atoms with Crippen molar-refractivity contribution in [2.45, 2.75) is 4.90 Å². The van der Waals surface area contributed by atoms with Gasteiger partial charge < -0.3 is 16.4 Å². The Morgan fingerprint density at radius 1 is 1.23 bits per heavy atom. The van der Waals surface area contributed by atoms with Gasteiger partial charge in [-0.05, 0) is 18.2 Å². The van der Waals surface area contributed by atoms with Crippen molar-refractivity contribution in [2.75, 3.05) is 32.5 Å². The highest BCUT2D eigenvalue weighted by molar-refractivity contribution is 7.89. The predicted octanol–water partition coefficient (Wildman–Crippen LogP) is -0.628. The number of rotatable bonds is 6. The van der Waals surface area contributed by atoms with Crippen molar-refractivity contribution in [3.63, 3.8) is 0 Å². The Kier molecular flexibility index (Phi) is 8.02. The molecule has 10 heteroatoms. The molecule has 0 atom stereocenters. The fourth-order valence-corrected chi connectivity index (χ4v) is 2.35. The Morgan fingerprint density at radius 2 is 1.86 bits per heavy atom. The third-order valence-corrected chi connectivity index (χ3v) is 4.34. The average molecular weight is 351 g/mol. The number of nitrogens with two attached hydrogens (primary N) is 1. The maximum Gasteiger partial charge on any atom is 0.243 e. The molecule has 0 heterocycles. The molecule has 8 nitrogen and oxygen atoms in total. The lowest BCUT2D eigenvalue weighted by Crippen LogP contribution is -2.36. The third-order valence-electron chi connectivity index (χ3n) is 2.53. The largest absolute Gasteiger partial charge is 0.346 e. The average Bonchev–Trinajstić information content (AvgIpc) is 2.44. The van der Waals surface area contributed by atoms with Gasteiger partial charge in [0.05, 0.1) is 18.0 Å². The Balaban J connectivity index is 0.00000441. The lowest BCUT2D eigenvalue weighted by atomic mass is 10.3. The summed E-state index contributed by atoms with van der Waals surface area (Å²) < 4.78 is 25.0. The highest BCUT2D eigenvalue weighted by atomic mass is 35.5. The summed E-state index contributed by atoms with van der Waals surface area (Å²) in [5.74, 6) is -0.926. The van der Waals surface area contributed by atoms with Crippen LogP contribution < -0.4 is 16.4 Å². The molecule has 0 saturated carbocycles. The van der Waals surface area contributed by atoms with Crippen LogP contribution in [0.3, 0.4) is 0 Å². The molecule has 0 aromatic heterocycles. The van der Waals surface area contributed by atoms with E-state index in [0.717, 1.165) is 4.31 Å². The van der Waals surface area contributed by atoms with E-state index in [1.54, 1.807) is 6.07 Å². The van der Waals surface area contributed by atoms with Crippen LogP contribution in [0, 0.1) is 0 Å². The van der Waals surface area contributed by atoms with Crippen LogP contribution in [0.25, 0.3) is 0 Å². The zero-order valence-corrected chi connectivity index (χ0v) is 13.8. The number of nitrogens with one attached hydrogen (secondary N) is 2. The quantitative estimate of drug-likeness (QED) is 0.630. The minimum Gasteiger partial charge on any atom is -0.346 e. The van der Waals surface area contributed by atoms with Crippen LogP contribution in [0.2, 0.25) is 0 Å². The molecule has 0 spiro atoms. The van der Waals surface area contributed by atoms with E-state index in [-0.39, 0.29) is 30.4 Å². The number of benzene rings is 1. The fourth-order valence-electron chi connectivity index (χ4n) is 1.40. The normalized spacial score (nSPS) is 10.7. The van der Waals surface area contributed by atoms with Gasteiger partial charge in [0.2, 0.25) is 21.8 Å². The van der Waals surface area contributed by atoms with Gasteiger partial charge in [-0.3, -0.25) is 9.59 Å². The molecular weight excluding hydrogens is 332 g/mol. The van der Waals surface area contributed by atoms with Crippen molar-refractivity contribution in [3.05, 3.63) is 24.3 Å². The van der Waals surface area contributed by atoms with E-state index < -0.39 is 21.8 Å². The third kappa shape index (κ3) is 5.60. The van der Waals surface area contributed by atoms with Gasteiger partial charge in [-0.15, -0.1) is 12.4 Å². The van der Waals surface area contributed by atoms with Crippen LogP contribution in [0.5, 0.6) is 0 Å². The zero-order chi connectivity index (χ0) is 16.0. The number of carbonyl (C=O) groups excluding carboxylic acids is 2. The van der Waals surface area contributed by atoms with Crippen molar-refractivity contribution in [2.24, 2.45) is 5.73 Å². The molecule has 2 amide bonds. The second-order valence-corrected chi connectivity index (χ2v) is 6.50. The first-order chi connectivity index (χ1) is 9.77. The van der Waals surface area contributed by atoms with Gasteiger partial charge in [-0.1, -0.05) is 6.07 Å². The van der Waals surface area contributed by atoms with E-state index in [1.165, 1.54) is 32.3 Å². The van der Waals surface area contributed by atoms with Gasteiger partial charge in [0, 0.05) is 19.8 Å². The van der Waals surface area contributed by atoms with E-state index >= 15 is 0 Å². The van der Waals surface area contributed by atoms with Gasteiger partial charge in [-0.25, -0.2) is 12.7 Å². The molecule has 0 aliphatic heterocycles. The molecule has 0 aliphatic rings. The Hall–Kier alpha value is -1.68. The number of hydrogen-bond acceptors (Lipinski definition) is 5. The summed E-state index contributed by atoms with van der Waals surface area (Å²) in [6.45, 7) is -0.440. The summed E-state index contributed by atoms with van der Waals surface area (Å²) in [6.07, 6.45) is 0. The molecule has 0 radical (unpaired) electrons. The SMILES string of the molecule is CN(C)S(=O)(=O)c1cccc(NC(=O)CNC(=O)CN)c1.Cl. The van der Waals surface area contributed by atoms with Crippen molar-refractivity contribution < 1.29 is 18.0 Å². The Morgan fingerprint density at radius 3 is 2.41 bits per heavy atom. The van der Waals surface area contributed by atoms with Crippen LogP contribution in [-0.4, -0.2) is 51.7 Å². The lowest BCUT2D eigenvalue weighted by molar-refractivity contribution is -0.123. The maximum atomic E-state index is 12.0. The maximum absolute atomic E-state index is 12.0. The monoisotopic (exact) mass is 350 g/mol. The molecule has 0 aliphatic carbocycles. The van der Waals surface area contributed by atoms with Gasteiger partial charge in [0.1, 0.15) is 0 Å². The van der Waals surface area contributed by atoms with Gasteiger partial charge in [0.15, 0.2) is 0 Å². The first kappa shape index (κ1) is 20.3. The first-order valence-corrected chi connectivity index (χ1v) is 7.50. The zero-order valence-electron chi connectivity index (χ0n) is 12.2. The fraction of sp³-hybridized carbons (Fsp3) is 0.333. The molecule has 22 heavy (non-hydrogen) atoms. The molecule has 1 aromatic rings. The first-order valence-electron chi connectivity index (χ1n) is 6.06. The highest BCUT2D eigenvalue weighted by Gasteiger charge is 2.17. The van der Waals surface area contributed by atoms with Crippen LogP contribution in [0.15, 0.2) is 29.2 Å². The van der Waals surface area contributed by atoms with Crippen LogP contribution >= 0.6 is 12.4 Å². The topological polar surface area (TPSA) is 122 Å². The van der Waals surface area contributed by atoms with Gasteiger partial charge >= 0.3 is 0 Å². The Labute approximate surface area is 135 Å². The summed E-state index contributed by atoms with van der Waals surface area (Å²) in [4.78, 5) is 22.6. The van der Waals surface area contributed by atoms with E-state index in [4.69, 9.17) is 5.73 Å². The van der Waals surface area contributed by atoms with Crippen LogP contribution in [0.1, 0.15) is 0 Å². The van der Waals surface area contributed by atoms with Crippen molar-refractivity contribution in [1.82, 2.24) is 9.62 Å². The number of hydrogen-bond donors (Lipinski definition) is 3. The highest BCUT2D eigenvalue weighted by Crippen LogP contribution is 2.17. The number of anilines is 1. The molecular formula is C12H19ClN4O4S. The minimum absolute atomic E-state index is 0. The standard InChI is InChI=1S/C12H18N4O4S.ClH/c1-16(2)21(19,20)10-5-3-4-9(6-10)15-12(18)8-14-11(17)7-13;/h3-6H,7-8,13H2,1-2H3,(H,14,17)(H,15,18);1H. The lowest BCUT2D eigenvalue weighted by Gasteiger charge is -2.12. The number of carbonyl (C=O) groups is 2. The van der Waals surface area contributed by atoms with Crippen molar-refractivity contribution >= 4 is 39.9 Å². The molecule has 4 N–H and O–H groups in total. The van der Waals surface area contributed by atoms with E-state index in [1.807, 2.05) is 0 Å². The molecule has 0 saturated heterocycles. The summed E-state index contributed by atoms with van der Waals surface area (Å²) in [7, 11) is -0.730. The van der Waals surface area contributed by atoms with E-state index in [9.17, 15) is 18.0 Å². The predicted molar refractivity (Wildman–Crippen MR) is 85.3 cm³/mol. The molecule has 1 rings (SSSR count). The number of halogens is 1.